The summed E-state index contributed by atoms with van der Waals surface area (Å²) in [6, 6.07) is 5.23. The van der Waals surface area contributed by atoms with Crippen molar-refractivity contribution in [2.45, 2.75) is 9.96 Å². The van der Waals surface area contributed by atoms with Crippen LogP contribution in [0.1, 0.15) is 5.69 Å². The molecule has 0 fully saturated rings. The lowest BCUT2D eigenvalue weighted by Gasteiger charge is -2.03. The zero-order chi connectivity index (χ0) is 14.1. The largest absolute Gasteiger partial charge is 0.375 e. The van der Waals surface area contributed by atoms with Crippen molar-refractivity contribution < 1.29 is 0 Å². The molecular formula is C12H9BrN4OS2. The average molecular weight is 369 g/mol. The summed E-state index contributed by atoms with van der Waals surface area (Å²) in [7, 11) is 0. The van der Waals surface area contributed by atoms with E-state index in [-0.39, 0.29) is 5.56 Å². The molecule has 0 bridgehead atoms. The molecule has 0 radical (unpaired) electrons. The molecule has 5 nitrogen and oxygen atoms in total. The molecule has 0 atom stereocenters. The van der Waals surface area contributed by atoms with Gasteiger partial charge in [-0.25, -0.2) is 9.97 Å². The Morgan fingerprint density at radius 2 is 2.30 bits per heavy atom. The van der Waals surface area contributed by atoms with Crippen LogP contribution >= 0.6 is 39.0 Å². The van der Waals surface area contributed by atoms with Crippen molar-refractivity contribution in [3.8, 4) is 0 Å². The Balaban J connectivity index is 1.89. The van der Waals surface area contributed by atoms with E-state index in [0.717, 1.165) is 14.4 Å². The number of nitrogens with two attached hydrogens (primary N) is 1. The van der Waals surface area contributed by atoms with E-state index in [2.05, 4.69) is 25.9 Å². The van der Waals surface area contributed by atoms with Crippen molar-refractivity contribution in [3.05, 3.63) is 51.1 Å². The minimum absolute atomic E-state index is 0.0873. The third kappa shape index (κ3) is 2.87. The summed E-state index contributed by atoms with van der Waals surface area (Å²) in [4.78, 5) is 20.5. The van der Waals surface area contributed by atoms with Crippen molar-refractivity contribution in [2.24, 2.45) is 0 Å². The first-order chi connectivity index (χ1) is 9.61. The topological polar surface area (TPSA) is 73.3 Å². The number of nitrogens with zero attached hydrogens (tertiary/aromatic N) is 3. The predicted octanol–water partition coefficient (Wildman–Crippen LogP) is 2.79. The van der Waals surface area contributed by atoms with Crippen molar-refractivity contribution >= 4 is 49.8 Å². The van der Waals surface area contributed by atoms with Crippen LogP contribution in [-0.4, -0.2) is 14.4 Å². The van der Waals surface area contributed by atoms with Gasteiger partial charge in [0.25, 0.3) is 5.56 Å². The zero-order valence-corrected chi connectivity index (χ0v) is 13.3. The second-order valence-electron chi connectivity index (χ2n) is 3.97. The van der Waals surface area contributed by atoms with Crippen LogP contribution in [0.25, 0.3) is 5.65 Å². The van der Waals surface area contributed by atoms with Crippen LogP contribution < -0.4 is 11.3 Å². The van der Waals surface area contributed by atoms with E-state index >= 15 is 0 Å². The molecule has 0 aliphatic rings. The lowest BCUT2D eigenvalue weighted by atomic mass is 10.4. The van der Waals surface area contributed by atoms with E-state index in [1.54, 1.807) is 30.2 Å². The quantitative estimate of drug-likeness (QED) is 0.719. The highest BCUT2D eigenvalue weighted by Crippen LogP contribution is 2.28. The van der Waals surface area contributed by atoms with Crippen LogP contribution in [0.4, 0.5) is 5.13 Å². The lowest BCUT2D eigenvalue weighted by Crippen LogP contribution is -2.15. The van der Waals surface area contributed by atoms with E-state index in [1.807, 2.05) is 12.1 Å². The van der Waals surface area contributed by atoms with Gasteiger partial charge in [-0.15, -0.1) is 11.8 Å². The predicted molar refractivity (Wildman–Crippen MR) is 85.2 cm³/mol. The maximum atomic E-state index is 12.0. The number of thiazole rings is 1. The van der Waals surface area contributed by atoms with E-state index < -0.39 is 0 Å². The fraction of sp³-hybridized carbons (Fsp3) is 0.0833. The van der Waals surface area contributed by atoms with Gasteiger partial charge in [0.1, 0.15) is 5.65 Å². The Hall–Kier alpha value is -1.38. The fourth-order valence-corrected chi connectivity index (χ4v) is 3.67. The van der Waals surface area contributed by atoms with Crippen LogP contribution in [0.3, 0.4) is 0 Å². The normalized spacial score (nSPS) is 11.1. The van der Waals surface area contributed by atoms with Crippen LogP contribution in [0.5, 0.6) is 0 Å². The van der Waals surface area contributed by atoms with Crippen molar-refractivity contribution in [2.75, 3.05) is 5.73 Å². The van der Waals surface area contributed by atoms with Crippen LogP contribution in [0.2, 0.25) is 0 Å². The second-order valence-corrected chi connectivity index (χ2v) is 7.22. The summed E-state index contributed by atoms with van der Waals surface area (Å²) < 4.78 is 3.37. The molecule has 0 aromatic carbocycles. The first kappa shape index (κ1) is 13.6. The van der Waals surface area contributed by atoms with Crippen molar-refractivity contribution in [3.63, 3.8) is 0 Å². The fourth-order valence-electron chi connectivity index (χ4n) is 1.68. The molecule has 0 saturated carbocycles. The van der Waals surface area contributed by atoms with Crippen LogP contribution in [-0.2, 0) is 5.75 Å². The van der Waals surface area contributed by atoms with Crippen molar-refractivity contribution in [1.82, 2.24) is 14.4 Å². The van der Waals surface area contributed by atoms with Gasteiger partial charge in [0.2, 0.25) is 0 Å². The highest BCUT2D eigenvalue weighted by atomic mass is 79.9. The van der Waals surface area contributed by atoms with E-state index in [9.17, 15) is 4.79 Å². The summed E-state index contributed by atoms with van der Waals surface area (Å²) in [5.41, 5.74) is 6.88. The molecule has 0 spiro atoms. The van der Waals surface area contributed by atoms with E-state index in [1.165, 1.54) is 15.7 Å². The number of hydrogen-bond donors (Lipinski definition) is 1. The molecule has 2 N–H and O–H groups in total. The molecule has 3 heterocycles. The number of nitrogen functional groups attached to an aromatic ring is 1. The van der Waals surface area contributed by atoms with Gasteiger partial charge in [-0.05, 0) is 28.1 Å². The van der Waals surface area contributed by atoms with Gasteiger partial charge in [-0.3, -0.25) is 9.20 Å². The van der Waals surface area contributed by atoms with Gasteiger partial charge in [0.05, 0.1) is 16.1 Å². The molecule has 3 aromatic rings. The Labute approximate surface area is 131 Å². The molecule has 0 saturated heterocycles. The maximum absolute atomic E-state index is 12.0. The molecule has 20 heavy (non-hydrogen) atoms. The minimum atomic E-state index is -0.0873. The van der Waals surface area contributed by atoms with Gasteiger partial charge >= 0.3 is 0 Å². The SMILES string of the molecule is Nc1ncc(SCc2cc(=O)n3cc(Br)ccc3n2)s1. The first-order valence-corrected chi connectivity index (χ1v) is 8.23. The van der Waals surface area contributed by atoms with Crippen LogP contribution in [0, 0.1) is 0 Å². The Morgan fingerprint density at radius 3 is 3.05 bits per heavy atom. The Kier molecular flexibility index (Phi) is 3.77. The molecule has 0 unspecified atom stereocenters. The molecular weight excluding hydrogens is 360 g/mol. The number of hydrogen-bond acceptors (Lipinski definition) is 6. The molecule has 0 aliphatic heterocycles. The molecule has 3 aromatic heterocycles. The van der Waals surface area contributed by atoms with Gasteiger partial charge in [-0.2, -0.15) is 0 Å². The van der Waals surface area contributed by atoms with Gasteiger partial charge in [-0.1, -0.05) is 11.3 Å². The van der Waals surface area contributed by atoms with Crippen LogP contribution in [0.15, 0.2) is 44.1 Å². The summed E-state index contributed by atoms with van der Waals surface area (Å²) in [6.07, 6.45) is 3.45. The number of anilines is 1. The highest BCUT2D eigenvalue weighted by Gasteiger charge is 2.05. The number of thioether (sulfide) groups is 1. The smallest absolute Gasteiger partial charge is 0.258 e. The van der Waals surface area contributed by atoms with Gasteiger partial charge in [0.15, 0.2) is 5.13 Å². The summed E-state index contributed by atoms with van der Waals surface area (Å²) in [5, 5.41) is 0.545. The number of rotatable bonds is 3. The highest BCUT2D eigenvalue weighted by molar-refractivity contribution is 9.10. The van der Waals surface area contributed by atoms with Crippen molar-refractivity contribution in [1.29, 1.82) is 0 Å². The summed E-state index contributed by atoms with van der Waals surface area (Å²) in [5.74, 6) is 0.615. The first-order valence-electron chi connectivity index (χ1n) is 5.64. The zero-order valence-electron chi connectivity index (χ0n) is 10.1. The molecule has 0 amide bonds. The molecule has 8 heteroatoms. The number of fused-ring (bicyclic) bond motifs is 1. The average Bonchev–Trinajstić information content (AvgIpc) is 2.83. The second kappa shape index (κ2) is 5.55. The lowest BCUT2D eigenvalue weighted by molar-refractivity contribution is 1.01. The van der Waals surface area contributed by atoms with E-state index in [4.69, 9.17) is 5.73 Å². The number of halogens is 1. The molecule has 3 rings (SSSR count). The summed E-state index contributed by atoms with van der Waals surface area (Å²) >= 11 is 6.34. The monoisotopic (exact) mass is 368 g/mol. The minimum Gasteiger partial charge on any atom is -0.375 e. The standard InChI is InChI=1S/C12H9BrN4OS2/c13-7-1-2-9-16-8(3-10(18)17(9)5-7)6-19-11-4-15-12(14)20-11/h1-5H,6H2,(H2,14,15). The third-order valence-electron chi connectivity index (χ3n) is 2.54. The van der Waals surface area contributed by atoms with E-state index in [0.29, 0.717) is 16.5 Å². The molecule has 102 valence electrons. The Bertz CT molecular complexity index is 830. The maximum Gasteiger partial charge on any atom is 0.258 e. The Morgan fingerprint density at radius 1 is 1.45 bits per heavy atom. The van der Waals surface area contributed by atoms with Gasteiger partial charge < -0.3 is 5.73 Å². The number of aromatic nitrogens is 3. The van der Waals surface area contributed by atoms with Gasteiger partial charge in [0, 0.05) is 22.5 Å². The molecule has 0 aliphatic carbocycles. The summed E-state index contributed by atoms with van der Waals surface area (Å²) in [6.45, 7) is 0. The number of pyridine rings is 1. The third-order valence-corrected chi connectivity index (χ3v) is 5.07.